The molecule has 2 aromatic rings. The van der Waals surface area contributed by atoms with Gasteiger partial charge in [-0.1, -0.05) is 51.0 Å². The lowest BCUT2D eigenvalue weighted by atomic mass is 9.99. The molecule has 5 nitrogen and oxygen atoms in total. The van der Waals surface area contributed by atoms with Crippen molar-refractivity contribution >= 4 is 11.8 Å². The number of nitrogens with one attached hydrogen (secondary N) is 2. The van der Waals surface area contributed by atoms with Crippen molar-refractivity contribution in [3.05, 3.63) is 70.8 Å². The van der Waals surface area contributed by atoms with Crippen molar-refractivity contribution in [3.8, 4) is 0 Å². The van der Waals surface area contributed by atoms with Crippen LogP contribution in [0.25, 0.3) is 0 Å². The standard InChI is InChI=1S/C23H28F2N2O3/c1-3-5-19(24)26-22(29)17-11-7-15(8-12-17)21(28)16-9-13-18(14-10-16)23(30)27-20(25)6-4-2/h7-14,19-21,28H,3-6H2,1-2H3,(H,26,29)(H,27,30). The van der Waals surface area contributed by atoms with Crippen molar-refractivity contribution in [2.75, 3.05) is 0 Å². The van der Waals surface area contributed by atoms with E-state index in [1.807, 2.05) is 13.8 Å². The lowest BCUT2D eigenvalue weighted by Gasteiger charge is -2.14. The summed E-state index contributed by atoms with van der Waals surface area (Å²) in [4.78, 5) is 24.0. The van der Waals surface area contributed by atoms with E-state index in [-0.39, 0.29) is 12.8 Å². The van der Waals surface area contributed by atoms with Crippen LogP contribution in [-0.4, -0.2) is 29.5 Å². The molecule has 2 aromatic carbocycles. The molecule has 2 rings (SSSR count). The Kier molecular flexibility index (Phi) is 8.92. The van der Waals surface area contributed by atoms with E-state index < -0.39 is 30.5 Å². The monoisotopic (exact) mass is 418 g/mol. The topological polar surface area (TPSA) is 78.4 Å². The summed E-state index contributed by atoms with van der Waals surface area (Å²) in [5, 5.41) is 15.1. The van der Waals surface area contributed by atoms with Crippen molar-refractivity contribution in [3.63, 3.8) is 0 Å². The Hall–Kier alpha value is -2.80. The molecule has 0 heterocycles. The molecule has 0 aliphatic heterocycles. The van der Waals surface area contributed by atoms with Crippen molar-refractivity contribution in [1.29, 1.82) is 0 Å². The molecule has 2 amide bonds. The largest absolute Gasteiger partial charge is 0.384 e. The average molecular weight is 418 g/mol. The number of amides is 2. The van der Waals surface area contributed by atoms with Crippen LogP contribution in [0.4, 0.5) is 8.78 Å². The van der Waals surface area contributed by atoms with Gasteiger partial charge in [0.05, 0.1) is 0 Å². The number of carbonyl (C=O) groups excluding carboxylic acids is 2. The summed E-state index contributed by atoms with van der Waals surface area (Å²) in [6.07, 6.45) is -2.00. The summed E-state index contributed by atoms with van der Waals surface area (Å²) >= 11 is 0. The molecule has 30 heavy (non-hydrogen) atoms. The van der Waals surface area contributed by atoms with Gasteiger partial charge in [0.1, 0.15) is 6.10 Å². The Morgan fingerprint density at radius 3 is 1.40 bits per heavy atom. The minimum absolute atomic E-state index is 0.251. The fourth-order valence-corrected chi connectivity index (χ4v) is 2.93. The van der Waals surface area contributed by atoms with Crippen molar-refractivity contribution < 1.29 is 23.5 Å². The van der Waals surface area contributed by atoms with Gasteiger partial charge in [-0.05, 0) is 48.2 Å². The molecule has 0 saturated heterocycles. The molecule has 0 aliphatic carbocycles. The summed E-state index contributed by atoms with van der Waals surface area (Å²) in [5.74, 6) is -1.02. The predicted octanol–water partition coefficient (Wildman–Crippen LogP) is 4.42. The molecule has 7 heteroatoms. The van der Waals surface area contributed by atoms with Gasteiger partial charge >= 0.3 is 0 Å². The lowest BCUT2D eigenvalue weighted by Crippen LogP contribution is -2.31. The molecule has 0 saturated carbocycles. The SMILES string of the molecule is CCCC(F)NC(=O)c1ccc(C(O)c2ccc(C(=O)NC(F)CCC)cc2)cc1. The van der Waals surface area contributed by atoms with Crippen LogP contribution in [0.2, 0.25) is 0 Å². The fraction of sp³-hybridized carbons (Fsp3) is 0.391. The van der Waals surface area contributed by atoms with Gasteiger partial charge in [0.25, 0.3) is 11.8 Å². The highest BCUT2D eigenvalue weighted by Crippen LogP contribution is 2.23. The molecular formula is C23H28F2N2O3. The van der Waals surface area contributed by atoms with E-state index >= 15 is 0 Å². The van der Waals surface area contributed by atoms with Crippen LogP contribution in [0.15, 0.2) is 48.5 Å². The Balaban J connectivity index is 2.01. The molecule has 3 N–H and O–H groups in total. The van der Waals surface area contributed by atoms with Gasteiger partial charge in [-0.15, -0.1) is 0 Å². The highest BCUT2D eigenvalue weighted by Gasteiger charge is 2.16. The quantitative estimate of drug-likeness (QED) is 0.500. The van der Waals surface area contributed by atoms with E-state index in [1.54, 1.807) is 24.3 Å². The number of benzene rings is 2. The van der Waals surface area contributed by atoms with Gasteiger partial charge in [0, 0.05) is 11.1 Å². The van der Waals surface area contributed by atoms with Crippen LogP contribution in [0.5, 0.6) is 0 Å². The van der Waals surface area contributed by atoms with Gasteiger partial charge in [-0.2, -0.15) is 0 Å². The zero-order valence-corrected chi connectivity index (χ0v) is 17.2. The van der Waals surface area contributed by atoms with Crippen molar-refractivity contribution in [2.45, 2.75) is 58.2 Å². The van der Waals surface area contributed by atoms with Crippen LogP contribution < -0.4 is 10.6 Å². The Morgan fingerprint density at radius 2 is 1.10 bits per heavy atom. The van der Waals surface area contributed by atoms with E-state index in [9.17, 15) is 23.5 Å². The second-order valence-corrected chi connectivity index (χ2v) is 7.11. The zero-order valence-electron chi connectivity index (χ0n) is 17.2. The van der Waals surface area contributed by atoms with Crippen LogP contribution in [0.1, 0.15) is 77.5 Å². The Labute approximate surface area is 175 Å². The minimum atomic E-state index is -1.39. The molecule has 0 bridgehead atoms. The van der Waals surface area contributed by atoms with E-state index in [4.69, 9.17) is 0 Å². The average Bonchev–Trinajstić information content (AvgIpc) is 2.73. The first-order valence-corrected chi connectivity index (χ1v) is 10.1. The summed E-state index contributed by atoms with van der Waals surface area (Å²) in [7, 11) is 0. The van der Waals surface area contributed by atoms with Crippen LogP contribution in [0.3, 0.4) is 0 Å². The number of halogens is 2. The van der Waals surface area contributed by atoms with Crippen LogP contribution in [0, 0.1) is 0 Å². The van der Waals surface area contributed by atoms with Gasteiger partial charge in [-0.3, -0.25) is 9.59 Å². The third-order valence-corrected chi connectivity index (χ3v) is 4.64. The maximum Gasteiger partial charge on any atom is 0.253 e. The van der Waals surface area contributed by atoms with E-state index in [0.29, 0.717) is 35.1 Å². The molecule has 0 aromatic heterocycles. The maximum atomic E-state index is 13.5. The smallest absolute Gasteiger partial charge is 0.253 e. The molecule has 0 fully saturated rings. The number of alkyl halides is 2. The molecule has 0 spiro atoms. The van der Waals surface area contributed by atoms with Gasteiger partial charge in [0.2, 0.25) is 0 Å². The van der Waals surface area contributed by atoms with E-state index in [1.165, 1.54) is 24.3 Å². The number of aliphatic hydroxyl groups is 1. The van der Waals surface area contributed by atoms with E-state index in [2.05, 4.69) is 10.6 Å². The van der Waals surface area contributed by atoms with Crippen molar-refractivity contribution in [1.82, 2.24) is 10.6 Å². The van der Waals surface area contributed by atoms with Crippen LogP contribution in [-0.2, 0) is 0 Å². The first-order chi connectivity index (χ1) is 14.3. The number of rotatable bonds is 10. The molecule has 0 radical (unpaired) electrons. The van der Waals surface area contributed by atoms with Gasteiger partial charge < -0.3 is 15.7 Å². The molecule has 0 aliphatic rings. The van der Waals surface area contributed by atoms with Crippen LogP contribution >= 0.6 is 0 Å². The first-order valence-electron chi connectivity index (χ1n) is 10.1. The van der Waals surface area contributed by atoms with Gasteiger partial charge in [0.15, 0.2) is 12.6 Å². The van der Waals surface area contributed by atoms with E-state index in [0.717, 1.165) is 0 Å². The second kappa shape index (κ2) is 11.4. The van der Waals surface area contributed by atoms with Crippen molar-refractivity contribution in [2.24, 2.45) is 0 Å². The summed E-state index contributed by atoms with van der Waals surface area (Å²) < 4.78 is 27.1. The first kappa shape index (κ1) is 23.5. The number of hydrogen-bond donors (Lipinski definition) is 3. The zero-order chi connectivity index (χ0) is 22.1. The summed E-state index contributed by atoms with van der Waals surface area (Å²) in [6.45, 7) is 3.66. The molecular weight excluding hydrogens is 390 g/mol. The molecule has 2 atom stereocenters. The fourth-order valence-electron chi connectivity index (χ4n) is 2.93. The molecule has 162 valence electrons. The highest BCUT2D eigenvalue weighted by molar-refractivity contribution is 5.94. The summed E-state index contributed by atoms with van der Waals surface area (Å²) in [6, 6.07) is 12.4. The Bertz CT molecular complexity index is 756. The van der Waals surface area contributed by atoms with Gasteiger partial charge in [-0.25, -0.2) is 8.78 Å². The third-order valence-electron chi connectivity index (χ3n) is 4.64. The summed E-state index contributed by atoms with van der Waals surface area (Å²) in [5.41, 5.74) is 1.68. The normalized spacial score (nSPS) is 13.9. The number of carbonyl (C=O) groups is 2. The minimum Gasteiger partial charge on any atom is -0.384 e. The number of hydrogen-bond acceptors (Lipinski definition) is 3. The predicted molar refractivity (Wildman–Crippen MR) is 111 cm³/mol. The third kappa shape index (κ3) is 6.62. The Morgan fingerprint density at radius 1 is 0.767 bits per heavy atom. The second-order valence-electron chi connectivity index (χ2n) is 7.11. The lowest BCUT2D eigenvalue weighted by molar-refractivity contribution is 0.0879. The molecule has 2 unspecified atom stereocenters. The number of aliphatic hydroxyl groups excluding tert-OH is 1. The highest BCUT2D eigenvalue weighted by atomic mass is 19.1. The maximum absolute atomic E-state index is 13.5.